The molecule has 1 heterocycles. The van der Waals surface area contributed by atoms with Crippen molar-refractivity contribution in [2.45, 2.75) is 20.4 Å². The van der Waals surface area contributed by atoms with Gasteiger partial charge >= 0.3 is 0 Å². The third-order valence-corrected chi connectivity index (χ3v) is 3.86. The minimum absolute atomic E-state index is 0.00299. The van der Waals surface area contributed by atoms with Crippen LogP contribution in [-0.4, -0.2) is 10.5 Å². The van der Waals surface area contributed by atoms with Crippen LogP contribution in [0.5, 0.6) is 0 Å². The monoisotopic (exact) mass is 306 g/mol. The van der Waals surface area contributed by atoms with Crippen LogP contribution in [0.4, 0.5) is 5.69 Å². The number of nitrogens with one attached hydrogen (secondary N) is 1. The van der Waals surface area contributed by atoms with Crippen molar-refractivity contribution in [3.8, 4) is 0 Å². The predicted molar refractivity (Wildman–Crippen MR) is 92.8 cm³/mol. The van der Waals surface area contributed by atoms with E-state index in [0.717, 1.165) is 22.2 Å². The molecule has 0 aliphatic rings. The zero-order chi connectivity index (χ0) is 16.4. The lowest BCUT2D eigenvalue weighted by atomic mass is 10.1. The van der Waals surface area contributed by atoms with E-state index >= 15 is 0 Å². The van der Waals surface area contributed by atoms with E-state index in [-0.39, 0.29) is 18.0 Å². The predicted octanol–water partition coefficient (Wildman–Crippen LogP) is 3.26. The number of carbonyl (C=O) groups is 1. The maximum absolute atomic E-state index is 12.4. The molecule has 3 aromatic rings. The molecule has 1 amide bonds. The van der Waals surface area contributed by atoms with E-state index in [2.05, 4.69) is 5.32 Å². The van der Waals surface area contributed by atoms with E-state index in [0.29, 0.717) is 5.39 Å². The SMILES string of the molecule is Cc1ccc(NC(=O)Cn2ccc3ccccc3c2=O)c(C)c1. The third kappa shape index (κ3) is 3.16. The number of aryl methyl sites for hydroxylation is 2. The Labute approximate surface area is 134 Å². The highest BCUT2D eigenvalue weighted by Crippen LogP contribution is 2.16. The van der Waals surface area contributed by atoms with Crippen molar-refractivity contribution in [3.05, 3.63) is 76.2 Å². The van der Waals surface area contributed by atoms with E-state index in [1.807, 2.05) is 56.3 Å². The molecule has 0 unspecified atom stereocenters. The normalized spacial score (nSPS) is 10.7. The average molecular weight is 306 g/mol. The number of rotatable bonds is 3. The van der Waals surface area contributed by atoms with Gasteiger partial charge in [-0.25, -0.2) is 0 Å². The number of fused-ring (bicyclic) bond motifs is 1. The standard InChI is InChI=1S/C19H18N2O2/c1-13-7-8-17(14(2)11-13)20-18(22)12-21-10-9-15-5-3-4-6-16(15)19(21)23/h3-11H,12H2,1-2H3,(H,20,22). The Bertz CT molecular complexity index is 941. The molecule has 116 valence electrons. The Balaban J connectivity index is 1.83. The quantitative estimate of drug-likeness (QED) is 0.807. The third-order valence-electron chi connectivity index (χ3n) is 3.86. The van der Waals surface area contributed by atoms with Gasteiger partial charge in [-0.15, -0.1) is 0 Å². The molecule has 23 heavy (non-hydrogen) atoms. The molecular weight excluding hydrogens is 288 g/mol. The molecule has 0 saturated carbocycles. The number of amides is 1. The number of carbonyl (C=O) groups excluding carboxylic acids is 1. The van der Waals surface area contributed by atoms with Crippen LogP contribution in [0.25, 0.3) is 10.8 Å². The number of benzene rings is 2. The van der Waals surface area contributed by atoms with Gasteiger partial charge in [-0.3, -0.25) is 9.59 Å². The first-order valence-electron chi connectivity index (χ1n) is 7.50. The van der Waals surface area contributed by atoms with Crippen molar-refractivity contribution < 1.29 is 4.79 Å². The highest BCUT2D eigenvalue weighted by Gasteiger charge is 2.08. The summed E-state index contributed by atoms with van der Waals surface area (Å²) in [6.07, 6.45) is 1.66. The van der Waals surface area contributed by atoms with Crippen LogP contribution in [0.1, 0.15) is 11.1 Å². The summed E-state index contributed by atoms with van der Waals surface area (Å²) in [7, 11) is 0. The van der Waals surface area contributed by atoms with Crippen molar-refractivity contribution >= 4 is 22.4 Å². The van der Waals surface area contributed by atoms with Gasteiger partial charge in [0, 0.05) is 17.3 Å². The summed E-state index contributed by atoms with van der Waals surface area (Å²) in [5.41, 5.74) is 2.77. The first kappa shape index (κ1) is 15.0. The van der Waals surface area contributed by atoms with Crippen LogP contribution in [-0.2, 0) is 11.3 Å². The fourth-order valence-corrected chi connectivity index (χ4v) is 2.65. The van der Waals surface area contributed by atoms with Crippen LogP contribution < -0.4 is 10.9 Å². The van der Waals surface area contributed by atoms with Crippen molar-refractivity contribution in [2.24, 2.45) is 0 Å². The van der Waals surface area contributed by atoms with E-state index in [9.17, 15) is 9.59 Å². The van der Waals surface area contributed by atoms with E-state index in [1.54, 1.807) is 12.3 Å². The molecule has 0 saturated heterocycles. The van der Waals surface area contributed by atoms with E-state index < -0.39 is 0 Å². The van der Waals surface area contributed by atoms with Crippen LogP contribution in [0.15, 0.2) is 59.5 Å². The van der Waals surface area contributed by atoms with Crippen LogP contribution >= 0.6 is 0 Å². The lowest BCUT2D eigenvalue weighted by molar-refractivity contribution is -0.116. The highest BCUT2D eigenvalue weighted by molar-refractivity contribution is 5.91. The van der Waals surface area contributed by atoms with Crippen molar-refractivity contribution in [2.75, 3.05) is 5.32 Å². The minimum Gasteiger partial charge on any atom is -0.324 e. The molecule has 1 N–H and O–H groups in total. The zero-order valence-corrected chi connectivity index (χ0v) is 13.2. The second-order valence-corrected chi connectivity index (χ2v) is 5.70. The molecule has 0 aliphatic heterocycles. The van der Waals surface area contributed by atoms with Crippen molar-refractivity contribution in [1.82, 2.24) is 4.57 Å². The second kappa shape index (κ2) is 6.08. The zero-order valence-electron chi connectivity index (χ0n) is 13.2. The summed E-state index contributed by atoms with van der Waals surface area (Å²) in [6.45, 7) is 3.95. The molecule has 0 bridgehead atoms. The molecule has 0 spiro atoms. The summed E-state index contributed by atoms with van der Waals surface area (Å²) < 4.78 is 1.43. The molecule has 3 rings (SSSR count). The molecule has 0 atom stereocenters. The highest BCUT2D eigenvalue weighted by atomic mass is 16.2. The van der Waals surface area contributed by atoms with Crippen molar-refractivity contribution in [1.29, 1.82) is 0 Å². The minimum atomic E-state index is -0.214. The van der Waals surface area contributed by atoms with Crippen molar-refractivity contribution in [3.63, 3.8) is 0 Å². The number of hydrogen-bond acceptors (Lipinski definition) is 2. The number of aromatic nitrogens is 1. The number of pyridine rings is 1. The lowest BCUT2D eigenvalue weighted by Crippen LogP contribution is -2.27. The summed E-state index contributed by atoms with van der Waals surface area (Å²) >= 11 is 0. The van der Waals surface area contributed by atoms with Gasteiger partial charge in [0.05, 0.1) is 0 Å². The summed E-state index contributed by atoms with van der Waals surface area (Å²) in [5, 5.41) is 4.36. The largest absolute Gasteiger partial charge is 0.324 e. The average Bonchev–Trinajstić information content (AvgIpc) is 2.53. The Hall–Kier alpha value is -2.88. The molecule has 0 radical (unpaired) electrons. The fraction of sp³-hybridized carbons (Fsp3) is 0.158. The number of hydrogen-bond donors (Lipinski definition) is 1. The Morgan fingerprint density at radius 2 is 1.87 bits per heavy atom. The van der Waals surface area contributed by atoms with Gasteiger partial charge in [-0.2, -0.15) is 0 Å². The molecule has 1 aromatic heterocycles. The van der Waals surface area contributed by atoms with Gasteiger partial charge in [0.2, 0.25) is 5.91 Å². The summed E-state index contributed by atoms with van der Waals surface area (Å²) in [4.78, 5) is 24.6. The fourth-order valence-electron chi connectivity index (χ4n) is 2.65. The lowest BCUT2D eigenvalue weighted by Gasteiger charge is -2.11. The first-order chi connectivity index (χ1) is 11.0. The van der Waals surface area contributed by atoms with Gasteiger partial charge in [0.15, 0.2) is 0 Å². The smallest absolute Gasteiger partial charge is 0.258 e. The topological polar surface area (TPSA) is 51.1 Å². The number of nitrogens with zero attached hydrogens (tertiary/aromatic N) is 1. The van der Waals surface area contributed by atoms with Crippen LogP contribution in [0.2, 0.25) is 0 Å². The van der Waals surface area contributed by atoms with Gasteiger partial charge < -0.3 is 9.88 Å². The summed E-state index contributed by atoms with van der Waals surface area (Å²) in [5.74, 6) is -0.214. The molecule has 4 nitrogen and oxygen atoms in total. The maximum atomic E-state index is 12.4. The van der Waals surface area contributed by atoms with Gasteiger partial charge in [-0.05, 0) is 43.0 Å². The maximum Gasteiger partial charge on any atom is 0.258 e. The van der Waals surface area contributed by atoms with E-state index in [1.165, 1.54) is 4.57 Å². The van der Waals surface area contributed by atoms with Crippen LogP contribution in [0, 0.1) is 13.8 Å². The number of anilines is 1. The van der Waals surface area contributed by atoms with Gasteiger partial charge in [0.25, 0.3) is 5.56 Å². The Kier molecular flexibility index (Phi) is 3.98. The van der Waals surface area contributed by atoms with Gasteiger partial charge in [0.1, 0.15) is 6.54 Å². The molecule has 4 heteroatoms. The van der Waals surface area contributed by atoms with Crippen LogP contribution in [0.3, 0.4) is 0 Å². The van der Waals surface area contributed by atoms with Gasteiger partial charge in [-0.1, -0.05) is 35.9 Å². The van der Waals surface area contributed by atoms with E-state index in [4.69, 9.17) is 0 Å². The molecule has 2 aromatic carbocycles. The molecule has 0 fully saturated rings. The summed E-state index contributed by atoms with van der Waals surface area (Å²) in [6, 6.07) is 15.1. The molecular formula is C19H18N2O2. The molecule has 0 aliphatic carbocycles. The second-order valence-electron chi connectivity index (χ2n) is 5.70. The Morgan fingerprint density at radius 3 is 2.65 bits per heavy atom. The first-order valence-corrected chi connectivity index (χ1v) is 7.50. The Morgan fingerprint density at radius 1 is 1.09 bits per heavy atom.